The molecule has 0 N–H and O–H groups in total. The van der Waals surface area contributed by atoms with E-state index < -0.39 is 0 Å². The van der Waals surface area contributed by atoms with Crippen LogP contribution in [0.4, 0.5) is 0 Å². The van der Waals surface area contributed by atoms with Gasteiger partial charge in [0.25, 0.3) is 0 Å². The van der Waals surface area contributed by atoms with Gasteiger partial charge in [-0.05, 0) is 24.3 Å². The smallest absolute Gasteiger partial charge is 0.167 e. The van der Waals surface area contributed by atoms with Crippen LogP contribution in [0.1, 0.15) is 16.8 Å². The van der Waals surface area contributed by atoms with Crippen LogP contribution in [-0.4, -0.2) is 40.6 Å². The highest BCUT2D eigenvalue weighted by atomic mass is 32.1. The van der Waals surface area contributed by atoms with Crippen LogP contribution in [0, 0.1) is 0 Å². The first-order valence-corrected chi connectivity index (χ1v) is 8.42. The molecule has 130 valence electrons. The molecule has 0 aliphatic rings. The van der Waals surface area contributed by atoms with Gasteiger partial charge in [-0.2, -0.15) is 12.6 Å². The topological polar surface area (TPSA) is 62.1 Å². The largest absolute Gasteiger partial charge is 0.496 e. The molecule has 3 rings (SSSR count). The van der Waals surface area contributed by atoms with Crippen molar-refractivity contribution in [3.8, 4) is 17.1 Å². The second-order valence-corrected chi connectivity index (χ2v) is 5.90. The lowest BCUT2D eigenvalue weighted by Crippen LogP contribution is -2.12. The predicted octanol–water partition coefficient (Wildman–Crippen LogP) is 3.01. The number of nitrogens with zero attached hydrogens (tertiary/aromatic N) is 4. The lowest BCUT2D eigenvalue weighted by Gasteiger charge is -2.15. The molecule has 1 unspecified atom stereocenters. The molecule has 2 heterocycles. The average molecular weight is 356 g/mol. The summed E-state index contributed by atoms with van der Waals surface area (Å²) in [5.74, 6) is 2.19. The average Bonchev–Trinajstić information content (AvgIpc) is 3.09. The molecular formula is C18H20N4O2S. The van der Waals surface area contributed by atoms with E-state index in [1.807, 2.05) is 47.0 Å². The second kappa shape index (κ2) is 8.13. The van der Waals surface area contributed by atoms with Crippen molar-refractivity contribution in [3.05, 3.63) is 60.2 Å². The maximum Gasteiger partial charge on any atom is 0.167 e. The number of pyridine rings is 1. The van der Waals surface area contributed by atoms with Gasteiger partial charge in [0.2, 0.25) is 0 Å². The first kappa shape index (κ1) is 17.4. The van der Waals surface area contributed by atoms with E-state index in [1.165, 1.54) is 0 Å². The Bertz CT molecular complexity index is 823. The molecule has 0 radical (unpaired) electrons. The summed E-state index contributed by atoms with van der Waals surface area (Å²) >= 11 is 4.72. The van der Waals surface area contributed by atoms with Crippen LogP contribution in [0.25, 0.3) is 11.4 Å². The highest BCUT2D eigenvalue weighted by Crippen LogP contribution is 2.32. The number of rotatable bonds is 7. The van der Waals surface area contributed by atoms with Crippen LogP contribution in [0.3, 0.4) is 0 Å². The zero-order chi connectivity index (χ0) is 17.6. The maximum atomic E-state index is 5.47. The van der Waals surface area contributed by atoms with Gasteiger partial charge in [0.1, 0.15) is 11.0 Å². The van der Waals surface area contributed by atoms with Crippen LogP contribution in [0.15, 0.2) is 48.7 Å². The van der Waals surface area contributed by atoms with Crippen LogP contribution < -0.4 is 4.74 Å². The minimum Gasteiger partial charge on any atom is -0.496 e. The molecular weight excluding hydrogens is 336 g/mol. The van der Waals surface area contributed by atoms with Gasteiger partial charge < -0.3 is 14.0 Å². The number of aromatic nitrogens is 4. The number of ether oxygens (including phenoxy) is 2. The number of para-hydroxylation sites is 1. The van der Waals surface area contributed by atoms with E-state index in [9.17, 15) is 0 Å². The Morgan fingerprint density at radius 1 is 1.08 bits per heavy atom. The Balaban J connectivity index is 2.07. The summed E-state index contributed by atoms with van der Waals surface area (Å²) in [4.78, 5) is 4.38. The summed E-state index contributed by atoms with van der Waals surface area (Å²) in [6.45, 7) is 1.14. The van der Waals surface area contributed by atoms with E-state index in [-0.39, 0.29) is 5.25 Å². The Labute approximate surface area is 152 Å². The van der Waals surface area contributed by atoms with Crippen molar-refractivity contribution >= 4 is 12.6 Å². The number of benzene rings is 1. The van der Waals surface area contributed by atoms with Crippen LogP contribution in [0.2, 0.25) is 0 Å². The van der Waals surface area contributed by atoms with E-state index in [1.54, 1.807) is 20.4 Å². The molecule has 25 heavy (non-hydrogen) atoms. The van der Waals surface area contributed by atoms with E-state index in [0.29, 0.717) is 13.2 Å². The minimum absolute atomic E-state index is 0.283. The van der Waals surface area contributed by atoms with E-state index >= 15 is 0 Å². The summed E-state index contributed by atoms with van der Waals surface area (Å²) in [5.41, 5.74) is 1.70. The van der Waals surface area contributed by atoms with Gasteiger partial charge in [-0.1, -0.05) is 18.2 Å². The molecule has 0 saturated heterocycles. The van der Waals surface area contributed by atoms with Crippen LogP contribution >= 0.6 is 12.6 Å². The van der Waals surface area contributed by atoms with Crippen molar-refractivity contribution in [2.24, 2.45) is 0 Å². The highest BCUT2D eigenvalue weighted by Gasteiger charge is 2.22. The zero-order valence-electron chi connectivity index (χ0n) is 14.2. The lowest BCUT2D eigenvalue weighted by molar-refractivity contribution is 0.186. The van der Waals surface area contributed by atoms with E-state index in [0.717, 1.165) is 28.7 Å². The standard InChI is InChI=1S/C18H20N4O2S/c1-23-12-11-22-17(13-7-3-4-9-15(13)24-2)20-21-18(22)16(25)14-8-5-6-10-19-14/h3-10,16,25H,11-12H2,1-2H3. The fourth-order valence-corrected chi connectivity index (χ4v) is 2.96. The van der Waals surface area contributed by atoms with Gasteiger partial charge in [-0.15, -0.1) is 10.2 Å². The van der Waals surface area contributed by atoms with Gasteiger partial charge in [0, 0.05) is 19.9 Å². The fraction of sp³-hybridized carbons (Fsp3) is 0.278. The Morgan fingerprint density at radius 3 is 2.60 bits per heavy atom. The Hall–Kier alpha value is -2.38. The summed E-state index contributed by atoms with van der Waals surface area (Å²) in [6.07, 6.45) is 1.75. The third-order valence-corrected chi connectivity index (χ3v) is 4.35. The van der Waals surface area contributed by atoms with Crippen molar-refractivity contribution in [1.82, 2.24) is 19.7 Å². The van der Waals surface area contributed by atoms with Crippen molar-refractivity contribution in [3.63, 3.8) is 0 Å². The van der Waals surface area contributed by atoms with Crippen molar-refractivity contribution in [2.45, 2.75) is 11.8 Å². The molecule has 0 aliphatic heterocycles. The molecule has 6 nitrogen and oxygen atoms in total. The molecule has 7 heteroatoms. The van der Waals surface area contributed by atoms with E-state index in [2.05, 4.69) is 15.2 Å². The first-order valence-electron chi connectivity index (χ1n) is 7.90. The lowest BCUT2D eigenvalue weighted by atomic mass is 10.2. The number of methoxy groups -OCH3 is 2. The van der Waals surface area contributed by atoms with Crippen molar-refractivity contribution in [1.29, 1.82) is 0 Å². The molecule has 2 aromatic heterocycles. The van der Waals surface area contributed by atoms with Gasteiger partial charge in [0.15, 0.2) is 11.6 Å². The predicted molar refractivity (Wildman–Crippen MR) is 99.0 cm³/mol. The number of thiol groups is 1. The van der Waals surface area contributed by atoms with Crippen molar-refractivity contribution in [2.75, 3.05) is 20.8 Å². The molecule has 0 fully saturated rings. The Morgan fingerprint density at radius 2 is 1.88 bits per heavy atom. The maximum absolute atomic E-state index is 5.47. The molecule has 0 saturated carbocycles. The normalized spacial score (nSPS) is 12.1. The molecule has 1 aromatic carbocycles. The van der Waals surface area contributed by atoms with Gasteiger partial charge >= 0.3 is 0 Å². The van der Waals surface area contributed by atoms with Gasteiger partial charge in [-0.25, -0.2) is 0 Å². The zero-order valence-corrected chi connectivity index (χ0v) is 15.1. The van der Waals surface area contributed by atoms with Crippen LogP contribution in [-0.2, 0) is 11.3 Å². The molecule has 1 atom stereocenters. The van der Waals surface area contributed by atoms with Crippen LogP contribution in [0.5, 0.6) is 5.75 Å². The summed E-state index contributed by atoms with van der Waals surface area (Å²) < 4.78 is 12.7. The molecule has 3 aromatic rings. The van der Waals surface area contributed by atoms with Gasteiger partial charge in [0.05, 0.1) is 25.0 Å². The monoisotopic (exact) mass is 356 g/mol. The van der Waals surface area contributed by atoms with Crippen molar-refractivity contribution < 1.29 is 9.47 Å². The van der Waals surface area contributed by atoms with Gasteiger partial charge in [-0.3, -0.25) is 4.98 Å². The first-order chi connectivity index (χ1) is 12.3. The third-order valence-electron chi connectivity index (χ3n) is 3.86. The van der Waals surface area contributed by atoms with E-state index in [4.69, 9.17) is 22.1 Å². The minimum atomic E-state index is -0.283. The summed E-state index contributed by atoms with van der Waals surface area (Å²) in [5, 5.41) is 8.49. The Kier molecular flexibility index (Phi) is 5.67. The quantitative estimate of drug-likeness (QED) is 0.660. The molecule has 0 aliphatic carbocycles. The SMILES string of the molecule is COCCn1c(-c2ccccc2OC)nnc1C(S)c1ccccn1. The fourth-order valence-electron chi connectivity index (χ4n) is 2.62. The second-order valence-electron chi connectivity index (χ2n) is 5.38. The molecule has 0 bridgehead atoms. The molecule has 0 amide bonds. The summed E-state index contributed by atoms with van der Waals surface area (Å²) in [7, 11) is 3.31. The third kappa shape index (κ3) is 3.67. The number of hydrogen-bond acceptors (Lipinski definition) is 6. The highest BCUT2D eigenvalue weighted by molar-refractivity contribution is 7.80. The molecule has 0 spiro atoms. The summed E-state index contributed by atoms with van der Waals surface area (Å²) in [6, 6.07) is 13.5. The number of hydrogen-bond donors (Lipinski definition) is 1.